The fraction of sp³-hybridized carbons (Fsp3) is 0.462. The van der Waals surface area contributed by atoms with Crippen LogP contribution in [0.25, 0.3) is 0 Å². The van der Waals surface area contributed by atoms with E-state index < -0.39 is 12.4 Å². The van der Waals surface area contributed by atoms with Gasteiger partial charge in [0.1, 0.15) is 0 Å². The van der Waals surface area contributed by atoms with E-state index in [0.717, 1.165) is 5.56 Å². The summed E-state index contributed by atoms with van der Waals surface area (Å²) in [5.41, 5.74) is 0.498. The molecule has 0 N–H and O–H groups in total. The van der Waals surface area contributed by atoms with Crippen molar-refractivity contribution in [3.63, 3.8) is 0 Å². The molecular formula is C13H15ClO3. The highest BCUT2D eigenvalue weighted by Gasteiger charge is 2.42. The average molecular weight is 255 g/mol. The Kier molecular flexibility index (Phi) is 3.15. The summed E-state index contributed by atoms with van der Waals surface area (Å²) in [4.78, 5) is 11.8. The number of benzene rings is 1. The van der Waals surface area contributed by atoms with Crippen molar-refractivity contribution in [1.82, 2.24) is 0 Å². The predicted molar refractivity (Wildman–Crippen MR) is 64.6 cm³/mol. The van der Waals surface area contributed by atoms with Crippen molar-refractivity contribution in [2.24, 2.45) is 5.41 Å². The Labute approximate surface area is 106 Å². The maximum absolute atomic E-state index is 11.8. The number of carbonyl (C=O) groups excluding carboxylic acids is 1. The predicted octanol–water partition coefficient (Wildman–Crippen LogP) is 3.33. The van der Waals surface area contributed by atoms with E-state index in [1.807, 2.05) is 26.8 Å². The fourth-order valence-electron chi connectivity index (χ4n) is 1.64. The van der Waals surface area contributed by atoms with E-state index in [2.05, 4.69) is 0 Å². The van der Waals surface area contributed by atoms with E-state index in [1.165, 1.54) is 0 Å². The van der Waals surface area contributed by atoms with Gasteiger partial charge in [-0.1, -0.05) is 44.5 Å². The van der Waals surface area contributed by atoms with Crippen molar-refractivity contribution in [3.8, 4) is 0 Å². The van der Waals surface area contributed by atoms with E-state index in [-0.39, 0.29) is 11.4 Å². The Bertz CT molecular complexity index is 437. The Morgan fingerprint density at radius 1 is 1.29 bits per heavy atom. The molecule has 1 fully saturated rings. The summed E-state index contributed by atoms with van der Waals surface area (Å²) in [5.74, 6) is -0.354. The monoisotopic (exact) mass is 254 g/mol. The topological polar surface area (TPSA) is 35.5 Å². The Hall–Kier alpha value is -1.06. The van der Waals surface area contributed by atoms with Crippen molar-refractivity contribution in [1.29, 1.82) is 0 Å². The van der Waals surface area contributed by atoms with Gasteiger partial charge in [-0.05, 0) is 17.7 Å². The third-order valence-corrected chi connectivity index (χ3v) is 2.79. The van der Waals surface area contributed by atoms with E-state index in [1.54, 1.807) is 18.2 Å². The molecule has 2 atom stereocenters. The number of hydrogen-bond donors (Lipinski definition) is 0. The molecule has 0 aromatic heterocycles. The number of halogens is 1. The quantitative estimate of drug-likeness (QED) is 0.721. The normalized spacial score (nSPS) is 24.8. The summed E-state index contributed by atoms with van der Waals surface area (Å²) in [7, 11) is 0. The molecule has 0 radical (unpaired) electrons. The summed E-state index contributed by atoms with van der Waals surface area (Å²) in [6, 6.07) is 7.08. The van der Waals surface area contributed by atoms with Gasteiger partial charge in [-0.15, -0.1) is 0 Å². The molecule has 1 heterocycles. The molecule has 4 heteroatoms. The largest absolute Gasteiger partial charge is 0.433 e. The smallest absolute Gasteiger partial charge is 0.342 e. The summed E-state index contributed by atoms with van der Waals surface area (Å²) < 4.78 is 10.9. The third kappa shape index (κ3) is 2.61. The highest BCUT2D eigenvalue weighted by Crippen LogP contribution is 2.36. The van der Waals surface area contributed by atoms with Gasteiger partial charge in [0.25, 0.3) is 0 Å². The minimum atomic E-state index is -0.669. The standard InChI is InChI=1S/C13H15ClO3/c1-13(2,3)12-16-10(11(15)17-12)8-5-4-6-9(14)7-8/h4-7,10,12H,1-3H3/t10-,12+/m0/s1. The van der Waals surface area contributed by atoms with Gasteiger partial charge >= 0.3 is 5.97 Å². The van der Waals surface area contributed by atoms with Gasteiger partial charge in [0.15, 0.2) is 6.10 Å². The number of carbonyl (C=O) groups is 1. The zero-order chi connectivity index (χ0) is 12.6. The molecule has 1 aromatic carbocycles. The molecule has 3 nitrogen and oxygen atoms in total. The van der Waals surface area contributed by atoms with Gasteiger partial charge in [0, 0.05) is 10.4 Å². The van der Waals surface area contributed by atoms with E-state index in [9.17, 15) is 4.79 Å². The van der Waals surface area contributed by atoms with Crippen molar-refractivity contribution in [2.75, 3.05) is 0 Å². The first-order chi connectivity index (χ1) is 7.88. The first kappa shape index (κ1) is 12.4. The van der Waals surface area contributed by atoms with Gasteiger partial charge in [-0.3, -0.25) is 0 Å². The molecule has 0 spiro atoms. The first-order valence-electron chi connectivity index (χ1n) is 5.49. The summed E-state index contributed by atoms with van der Waals surface area (Å²) in [5, 5.41) is 0.582. The number of esters is 1. The number of rotatable bonds is 1. The molecule has 1 aliphatic heterocycles. The molecule has 0 aliphatic carbocycles. The van der Waals surface area contributed by atoms with Crippen molar-refractivity contribution < 1.29 is 14.3 Å². The van der Waals surface area contributed by atoms with Gasteiger partial charge in [0.05, 0.1) is 0 Å². The van der Waals surface area contributed by atoms with Crippen LogP contribution in [0.5, 0.6) is 0 Å². The SMILES string of the molecule is CC(C)(C)[C@H]1OC(=O)[C@H](c2cccc(Cl)c2)O1. The summed E-state index contributed by atoms with van der Waals surface area (Å²) in [6.07, 6.45) is -1.18. The molecular weight excluding hydrogens is 240 g/mol. The minimum Gasteiger partial charge on any atom is -0.433 e. The van der Waals surface area contributed by atoms with Gasteiger partial charge < -0.3 is 9.47 Å². The van der Waals surface area contributed by atoms with E-state index in [4.69, 9.17) is 21.1 Å². The molecule has 1 aliphatic rings. The zero-order valence-corrected chi connectivity index (χ0v) is 10.8. The number of ether oxygens (including phenoxy) is 2. The molecule has 0 unspecified atom stereocenters. The maximum atomic E-state index is 11.8. The molecule has 1 saturated heterocycles. The van der Waals surface area contributed by atoms with Crippen LogP contribution in [0.4, 0.5) is 0 Å². The van der Waals surface area contributed by atoms with Gasteiger partial charge in [-0.2, -0.15) is 0 Å². The van der Waals surface area contributed by atoms with Crippen LogP contribution < -0.4 is 0 Å². The van der Waals surface area contributed by atoms with Crippen molar-refractivity contribution in [2.45, 2.75) is 33.2 Å². The van der Waals surface area contributed by atoms with Crippen LogP contribution in [0.1, 0.15) is 32.4 Å². The van der Waals surface area contributed by atoms with Crippen LogP contribution in [0.3, 0.4) is 0 Å². The molecule has 0 amide bonds. The fourth-order valence-corrected chi connectivity index (χ4v) is 1.84. The lowest BCUT2D eigenvalue weighted by atomic mass is 9.96. The van der Waals surface area contributed by atoms with E-state index >= 15 is 0 Å². The minimum absolute atomic E-state index is 0.233. The van der Waals surface area contributed by atoms with Crippen LogP contribution in [-0.4, -0.2) is 12.3 Å². The Balaban J connectivity index is 2.22. The molecule has 2 rings (SSSR count). The van der Waals surface area contributed by atoms with Crippen LogP contribution in [0.15, 0.2) is 24.3 Å². The Morgan fingerprint density at radius 3 is 2.53 bits per heavy atom. The lowest BCUT2D eigenvalue weighted by Crippen LogP contribution is -2.27. The molecule has 0 saturated carbocycles. The summed E-state index contributed by atoms with van der Waals surface area (Å²) >= 11 is 5.89. The molecule has 0 bridgehead atoms. The van der Waals surface area contributed by atoms with Crippen LogP contribution in [-0.2, 0) is 14.3 Å². The van der Waals surface area contributed by atoms with Gasteiger partial charge in [-0.25, -0.2) is 4.79 Å². The highest BCUT2D eigenvalue weighted by atomic mass is 35.5. The second-order valence-corrected chi connectivity index (χ2v) is 5.64. The molecule has 92 valence electrons. The molecule has 17 heavy (non-hydrogen) atoms. The second-order valence-electron chi connectivity index (χ2n) is 5.21. The average Bonchev–Trinajstić information content (AvgIpc) is 2.60. The van der Waals surface area contributed by atoms with E-state index in [0.29, 0.717) is 5.02 Å². The molecule has 1 aromatic rings. The van der Waals surface area contributed by atoms with Crippen molar-refractivity contribution >= 4 is 17.6 Å². The zero-order valence-electron chi connectivity index (χ0n) is 10.1. The maximum Gasteiger partial charge on any atom is 0.342 e. The van der Waals surface area contributed by atoms with Crippen LogP contribution in [0.2, 0.25) is 5.02 Å². The lowest BCUT2D eigenvalue weighted by molar-refractivity contribution is -0.154. The lowest BCUT2D eigenvalue weighted by Gasteiger charge is -2.24. The number of cyclic esters (lactones) is 1. The van der Waals surface area contributed by atoms with Crippen LogP contribution >= 0.6 is 11.6 Å². The number of hydrogen-bond acceptors (Lipinski definition) is 3. The summed E-state index contributed by atoms with van der Waals surface area (Å²) in [6.45, 7) is 5.89. The Morgan fingerprint density at radius 2 is 2.00 bits per heavy atom. The highest BCUT2D eigenvalue weighted by molar-refractivity contribution is 6.30. The second kappa shape index (κ2) is 4.31. The first-order valence-corrected chi connectivity index (χ1v) is 5.87. The van der Waals surface area contributed by atoms with Crippen molar-refractivity contribution in [3.05, 3.63) is 34.9 Å². The van der Waals surface area contributed by atoms with Gasteiger partial charge in [0.2, 0.25) is 6.29 Å². The van der Waals surface area contributed by atoms with Crippen LogP contribution in [0, 0.1) is 5.41 Å². The third-order valence-electron chi connectivity index (χ3n) is 2.56.